The van der Waals surface area contributed by atoms with Gasteiger partial charge in [0.15, 0.2) is 0 Å². The van der Waals surface area contributed by atoms with Crippen molar-refractivity contribution in [2.75, 3.05) is 0 Å². The molecular formula is C9H9F2NO2. The Labute approximate surface area is 79.4 Å². The molecule has 76 valence electrons. The van der Waals surface area contributed by atoms with Gasteiger partial charge >= 0.3 is 5.97 Å². The first-order valence-electron chi connectivity index (χ1n) is 3.95. The number of rotatable bonds is 3. The summed E-state index contributed by atoms with van der Waals surface area (Å²) in [4.78, 5) is 13.9. The van der Waals surface area contributed by atoms with E-state index >= 15 is 0 Å². The van der Waals surface area contributed by atoms with Crippen LogP contribution in [0.1, 0.15) is 17.7 Å². The molecule has 1 aromatic heterocycles. The van der Waals surface area contributed by atoms with Crippen LogP contribution in [0.4, 0.5) is 8.78 Å². The van der Waals surface area contributed by atoms with Gasteiger partial charge < -0.3 is 5.11 Å². The van der Waals surface area contributed by atoms with E-state index in [9.17, 15) is 13.6 Å². The maximum atomic E-state index is 13.2. The molecule has 1 heterocycles. The molecule has 5 heteroatoms. The number of carbonyl (C=O) groups is 1. The number of aryl methyl sites for hydroxylation is 1. The van der Waals surface area contributed by atoms with Crippen LogP contribution in [0.5, 0.6) is 0 Å². The van der Waals surface area contributed by atoms with Crippen LogP contribution < -0.4 is 0 Å². The summed E-state index contributed by atoms with van der Waals surface area (Å²) in [6.45, 7) is 1.42. The molecule has 0 aliphatic heterocycles. The van der Waals surface area contributed by atoms with Crippen molar-refractivity contribution in [1.82, 2.24) is 4.98 Å². The van der Waals surface area contributed by atoms with E-state index in [1.165, 1.54) is 25.3 Å². The normalized spacial score (nSPS) is 11.4. The summed E-state index contributed by atoms with van der Waals surface area (Å²) in [7, 11) is 0. The lowest BCUT2D eigenvalue weighted by Gasteiger charge is -2.15. The molecule has 0 saturated carbocycles. The Morgan fingerprint density at radius 2 is 2.29 bits per heavy atom. The van der Waals surface area contributed by atoms with Gasteiger partial charge in [0.05, 0.1) is 0 Å². The summed E-state index contributed by atoms with van der Waals surface area (Å²) >= 11 is 0. The van der Waals surface area contributed by atoms with Gasteiger partial charge in [-0.15, -0.1) is 0 Å². The van der Waals surface area contributed by atoms with E-state index in [2.05, 4.69) is 4.98 Å². The summed E-state index contributed by atoms with van der Waals surface area (Å²) in [6, 6.07) is 2.55. The number of alkyl halides is 2. The topological polar surface area (TPSA) is 50.2 Å². The van der Waals surface area contributed by atoms with Crippen LogP contribution in [0.25, 0.3) is 0 Å². The quantitative estimate of drug-likeness (QED) is 0.813. The highest BCUT2D eigenvalue weighted by Gasteiger charge is 2.36. The van der Waals surface area contributed by atoms with E-state index in [1.807, 2.05) is 0 Å². The maximum Gasteiger partial charge on any atom is 0.309 e. The number of halogens is 2. The van der Waals surface area contributed by atoms with Gasteiger partial charge in [-0.05, 0) is 19.1 Å². The van der Waals surface area contributed by atoms with Crippen molar-refractivity contribution in [2.45, 2.75) is 19.3 Å². The van der Waals surface area contributed by atoms with Crippen molar-refractivity contribution < 1.29 is 18.7 Å². The highest BCUT2D eigenvalue weighted by Crippen LogP contribution is 2.32. The number of hydrogen-bond donors (Lipinski definition) is 1. The molecule has 0 atom stereocenters. The number of carboxylic acid groups (broad SMARTS) is 1. The third-order valence-corrected chi connectivity index (χ3v) is 1.77. The van der Waals surface area contributed by atoms with E-state index in [0.717, 1.165) is 0 Å². The van der Waals surface area contributed by atoms with Crippen molar-refractivity contribution in [3.8, 4) is 0 Å². The van der Waals surface area contributed by atoms with E-state index in [-0.39, 0.29) is 11.3 Å². The van der Waals surface area contributed by atoms with Crippen molar-refractivity contribution in [2.24, 2.45) is 0 Å². The first-order chi connectivity index (χ1) is 6.43. The predicted molar refractivity (Wildman–Crippen MR) is 45.1 cm³/mol. The van der Waals surface area contributed by atoms with Gasteiger partial charge in [0.2, 0.25) is 0 Å². The standard InChI is InChI=1S/C9H9F2NO2/c1-6-7(3-2-4-12-6)9(10,11)5-8(13)14/h2-4H,5H2,1H3,(H,13,14). The summed E-state index contributed by atoms with van der Waals surface area (Å²) in [6.07, 6.45) is 0.176. The van der Waals surface area contributed by atoms with Crippen molar-refractivity contribution in [3.05, 3.63) is 29.6 Å². The van der Waals surface area contributed by atoms with Gasteiger partial charge in [0, 0.05) is 17.5 Å². The molecule has 14 heavy (non-hydrogen) atoms. The molecule has 1 aromatic rings. The first kappa shape index (κ1) is 10.6. The molecule has 0 amide bonds. The van der Waals surface area contributed by atoms with Crippen LogP contribution in [0.3, 0.4) is 0 Å². The summed E-state index contributed by atoms with van der Waals surface area (Å²) < 4.78 is 26.5. The minimum absolute atomic E-state index is 0.152. The predicted octanol–water partition coefficient (Wildman–Crippen LogP) is 1.96. The smallest absolute Gasteiger partial charge is 0.309 e. The lowest BCUT2D eigenvalue weighted by atomic mass is 10.0. The van der Waals surface area contributed by atoms with E-state index < -0.39 is 18.3 Å². The maximum absolute atomic E-state index is 13.2. The summed E-state index contributed by atoms with van der Waals surface area (Å²) in [5.74, 6) is -4.89. The Hall–Kier alpha value is -1.52. The Kier molecular flexibility index (Phi) is 2.78. The van der Waals surface area contributed by atoms with Crippen LogP contribution in [0, 0.1) is 6.92 Å². The summed E-state index contributed by atoms with van der Waals surface area (Å²) in [5, 5.41) is 8.30. The third-order valence-electron chi connectivity index (χ3n) is 1.77. The second-order valence-corrected chi connectivity index (χ2v) is 2.91. The number of nitrogens with zero attached hydrogens (tertiary/aromatic N) is 1. The minimum atomic E-state index is -3.36. The molecule has 1 rings (SSSR count). The molecule has 0 fully saturated rings. The zero-order valence-corrected chi connectivity index (χ0v) is 7.50. The molecule has 3 nitrogen and oxygen atoms in total. The molecule has 0 unspecified atom stereocenters. The van der Waals surface area contributed by atoms with Crippen LogP contribution >= 0.6 is 0 Å². The third kappa shape index (κ3) is 2.25. The monoisotopic (exact) mass is 201 g/mol. The molecule has 0 radical (unpaired) electrons. The Morgan fingerprint density at radius 3 is 2.79 bits per heavy atom. The summed E-state index contributed by atoms with van der Waals surface area (Å²) in [5.41, 5.74) is -0.179. The van der Waals surface area contributed by atoms with Crippen LogP contribution in [-0.4, -0.2) is 16.1 Å². The second kappa shape index (κ2) is 3.69. The molecule has 0 aromatic carbocycles. The molecule has 0 aliphatic rings. The van der Waals surface area contributed by atoms with E-state index in [4.69, 9.17) is 5.11 Å². The number of aliphatic carboxylic acids is 1. The molecule has 0 spiro atoms. The zero-order valence-electron chi connectivity index (χ0n) is 7.50. The SMILES string of the molecule is Cc1ncccc1C(F)(F)CC(=O)O. The van der Waals surface area contributed by atoms with Gasteiger partial charge in [0.25, 0.3) is 5.92 Å². The van der Waals surface area contributed by atoms with Gasteiger partial charge in [-0.3, -0.25) is 9.78 Å². The van der Waals surface area contributed by atoms with Crippen molar-refractivity contribution >= 4 is 5.97 Å². The number of aromatic nitrogens is 1. The lowest BCUT2D eigenvalue weighted by molar-refractivity contribution is -0.145. The number of hydrogen-bond acceptors (Lipinski definition) is 2. The Morgan fingerprint density at radius 1 is 1.64 bits per heavy atom. The number of carboxylic acids is 1. The fourth-order valence-corrected chi connectivity index (χ4v) is 1.16. The highest BCUT2D eigenvalue weighted by molar-refractivity contribution is 5.68. The average Bonchev–Trinajstić information content (AvgIpc) is 2.02. The van der Waals surface area contributed by atoms with Gasteiger partial charge in [-0.25, -0.2) is 8.78 Å². The molecule has 0 bridgehead atoms. The van der Waals surface area contributed by atoms with E-state index in [1.54, 1.807) is 0 Å². The van der Waals surface area contributed by atoms with Crippen LogP contribution in [0.15, 0.2) is 18.3 Å². The van der Waals surface area contributed by atoms with Crippen LogP contribution in [0.2, 0.25) is 0 Å². The van der Waals surface area contributed by atoms with E-state index in [0.29, 0.717) is 0 Å². The van der Waals surface area contributed by atoms with Gasteiger partial charge in [-0.2, -0.15) is 0 Å². The Balaban J connectivity index is 3.03. The van der Waals surface area contributed by atoms with Gasteiger partial charge in [-0.1, -0.05) is 0 Å². The van der Waals surface area contributed by atoms with Crippen molar-refractivity contribution in [1.29, 1.82) is 0 Å². The second-order valence-electron chi connectivity index (χ2n) is 2.91. The molecule has 0 saturated heterocycles. The molecular weight excluding hydrogens is 192 g/mol. The largest absolute Gasteiger partial charge is 0.481 e. The zero-order chi connectivity index (χ0) is 10.8. The first-order valence-corrected chi connectivity index (χ1v) is 3.95. The van der Waals surface area contributed by atoms with Crippen LogP contribution in [-0.2, 0) is 10.7 Å². The minimum Gasteiger partial charge on any atom is -0.481 e. The highest BCUT2D eigenvalue weighted by atomic mass is 19.3. The average molecular weight is 201 g/mol. The molecule has 0 aliphatic carbocycles. The number of pyridine rings is 1. The van der Waals surface area contributed by atoms with Crippen molar-refractivity contribution in [3.63, 3.8) is 0 Å². The fourth-order valence-electron chi connectivity index (χ4n) is 1.16. The fraction of sp³-hybridized carbons (Fsp3) is 0.333. The lowest BCUT2D eigenvalue weighted by Crippen LogP contribution is -2.20. The Bertz CT molecular complexity index is 352. The van der Waals surface area contributed by atoms with Gasteiger partial charge in [0.1, 0.15) is 6.42 Å². The molecule has 1 N–H and O–H groups in total.